The smallest absolute Gasteiger partial charge is 0.328 e. The fourth-order valence-corrected chi connectivity index (χ4v) is 4.77. The van der Waals surface area contributed by atoms with Gasteiger partial charge in [0, 0.05) is 54.9 Å². The van der Waals surface area contributed by atoms with Gasteiger partial charge >= 0.3 is 11.9 Å². The minimum atomic E-state index is -1.26. The number of aromatic amines is 1. The molecule has 0 unspecified atom stereocenters. The maximum Gasteiger partial charge on any atom is 0.328 e. The monoisotopic (exact) mass is 453 g/mol. The van der Waals surface area contributed by atoms with E-state index in [0.29, 0.717) is 44.5 Å². The van der Waals surface area contributed by atoms with Crippen molar-refractivity contribution in [2.75, 3.05) is 39.9 Å². The Kier molecular flexibility index (Phi) is 6.62. The van der Waals surface area contributed by atoms with Gasteiger partial charge in [-0.1, -0.05) is 18.2 Å². The van der Waals surface area contributed by atoms with E-state index in [0.717, 1.165) is 13.0 Å². The summed E-state index contributed by atoms with van der Waals surface area (Å²) in [5, 5.41) is 17.0. The number of carboxylic acid groups (broad SMARTS) is 2. The predicted octanol–water partition coefficient (Wildman–Crippen LogP) is 1.61. The summed E-state index contributed by atoms with van der Waals surface area (Å²) >= 11 is 0. The van der Waals surface area contributed by atoms with Crippen molar-refractivity contribution in [3.05, 3.63) is 53.8 Å². The average molecular weight is 453 g/mol. The third kappa shape index (κ3) is 4.84. The molecule has 9 heteroatoms. The van der Waals surface area contributed by atoms with Crippen LogP contribution in [0.4, 0.5) is 0 Å². The maximum absolute atomic E-state index is 13.0. The molecule has 0 radical (unpaired) electrons. The molecule has 9 nitrogen and oxygen atoms in total. The Labute approximate surface area is 190 Å². The van der Waals surface area contributed by atoms with Gasteiger partial charge < -0.3 is 24.8 Å². The van der Waals surface area contributed by atoms with Gasteiger partial charge in [-0.25, -0.2) is 9.59 Å². The maximum atomic E-state index is 13.0. The number of H-pyrrole nitrogens is 1. The van der Waals surface area contributed by atoms with Gasteiger partial charge in [0.05, 0.1) is 19.1 Å². The first kappa shape index (κ1) is 22.8. The van der Waals surface area contributed by atoms with Gasteiger partial charge in [-0.2, -0.15) is 0 Å². The zero-order valence-corrected chi connectivity index (χ0v) is 18.4. The largest absolute Gasteiger partial charge is 0.478 e. The zero-order valence-electron chi connectivity index (χ0n) is 18.4. The SMILES string of the molecule is CN1C[C@H](C(=O)N2CCOCC2)C=C2c3cccc4[nH]cc(c34)C[C@H]21.O=C(O)/C=C\C(=O)O. The highest BCUT2D eigenvalue weighted by Crippen LogP contribution is 2.40. The number of aromatic nitrogens is 1. The van der Waals surface area contributed by atoms with Crippen molar-refractivity contribution in [1.29, 1.82) is 0 Å². The molecule has 174 valence electrons. The van der Waals surface area contributed by atoms with Crippen LogP contribution in [0.5, 0.6) is 0 Å². The van der Waals surface area contributed by atoms with Crippen molar-refractivity contribution in [1.82, 2.24) is 14.8 Å². The second kappa shape index (κ2) is 9.60. The number of carbonyl (C=O) groups excluding carboxylic acids is 1. The molecule has 1 fully saturated rings. The number of benzene rings is 1. The van der Waals surface area contributed by atoms with Crippen LogP contribution in [0.25, 0.3) is 16.5 Å². The fourth-order valence-electron chi connectivity index (χ4n) is 4.77. The summed E-state index contributed by atoms with van der Waals surface area (Å²) in [4.78, 5) is 39.8. The minimum Gasteiger partial charge on any atom is -0.478 e. The summed E-state index contributed by atoms with van der Waals surface area (Å²) in [6, 6.07) is 6.80. The lowest BCUT2D eigenvalue weighted by molar-refractivity contribution is -0.139. The number of amides is 1. The number of nitrogens with one attached hydrogen (secondary N) is 1. The fraction of sp³-hybridized carbons (Fsp3) is 0.375. The molecule has 0 bridgehead atoms. The van der Waals surface area contributed by atoms with Crippen LogP contribution in [0.1, 0.15) is 11.1 Å². The van der Waals surface area contributed by atoms with E-state index in [1.54, 1.807) is 0 Å². The molecular formula is C24H27N3O6. The van der Waals surface area contributed by atoms with Crippen LogP contribution in [0.3, 0.4) is 0 Å². The van der Waals surface area contributed by atoms with Crippen LogP contribution in [0, 0.1) is 5.92 Å². The van der Waals surface area contributed by atoms with E-state index in [1.807, 2.05) is 4.90 Å². The van der Waals surface area contributed by atoms with Gasteiger partial charge in [0.1, 0.15) is 0 Å². The number of rotatable bonds is 3. The van der Waals surface area contributed by atoms with E-state index in [1.165, 1.54) is 27.6 Å². The molecule has 2 aliphatic heterocycles. The van der Waals surface area contributed by atoms with E-state index < -0.39 is 11.9 Å². The molecule has 1 saturated heterocycles. The van der Waals surface area contributed by atoms with Crippen molar-refractivity contribution in [3.8, 4) is 0 Å². The molecule has 33 heavy (non-hydrogen) atoms. The number of aliphatic carboxylic acids is 2. The number of likely N-dealkylation sites (N-methyl/N-ethyl adjacent to an activating group) is 1. The standard InChI is InChI=1S/C20H23N3O2.C4H4O4/c1-22-12-14(20(24)23-5-7-25-8-6-23)9-16-15-3-2-4-17-19(15)13(11-21-17)10-18(16)22;5-3(6)1-2-4(7)8/h2-4,9,11,14,18,21H,5-8,10,12H2,1H3;1-2H,(H,5,6)(H,7,8)/b;2-1-/t14-,18-;/m1./s1. The quantitative estimate of drug-likeness (QED) is 0.604. The average Bonchev–Trinajstić information content (AvgIpc) is 3.23. The summed E-state index contributed by atoms with van der Waals surface area (Å²) in [5.74, 6) is -2.34. The lowest BCUT2D eigenvalue weighted by atomic mass is 9.79. The van der Waals surface area contributed by atoms with Crippen LogP contribution in [-0.4, -0.2) is 88.8 Å². The van der Waals surface area contributed by atoms with Crippen LogP contribution in [0.15, 0.2) is 42.6 Å². The molecular weight excluding hydrogens is 426 g/mol. The zero-order chi connectivity index (χ0) is 23.5. The predicted molar refractivity (Wildman–Crippen MR) is 122 cm³/mol. The topological polar surface area (TPSA) is 123 Å². The number of fused-ring (bicyclic) bond motifs is 2. The third-order valence-corrected chi connectivity index (χ3v) is 6.28. The summed E-state index contributed by atoms with van der Waals surface area (Å²) < 4.78 is 5.39. The Morgan fingerprint density at radius 2 is 1.82 bits per heavy atom. The molecule has 3 aliphatic rings. The Morgan fingerprint density at radius 1 is 1.12 bits per heavy atom. The first-order chi connectivity index (χ1) is 15.8. The number of carbonyl (C=O) groups is 3. The highest BCUT2D eigenvalue weighted by molar-refractivity contribution is 5.99. The van der Waals surface area contributed by atoms with Crippen molar-refractivity contribution < 1.29 is 29.3 Å². The van der Waals surface area contributed by atoms with Crippen molar-refractivity contribution >= 4 is 34.3 Å². The van der Waals surface area contributed by atoms with Crippen molar-refractivity contribution in [2.45, 2.75) is 12.5 Å². The van der Waals surface area contributed by atoms with E-state index >= 15 is 0 Å². The second-order valence-corrected chi connectivity index (χ2v) is 8.38. The normalized spacial score (nSPS) is 22.3. The van der Waals surface area contributed by atoms with Crippen LogP contribution >= 0.6 is 0 Å². The molecule has 1 aromatic heterocycles. The Hall–Kier alpha value is -3.43. The Morgan fingerprint density at radius 3 is 2.48 bits per heavy atom. The molecule has 1 aromatic carbocycles. The van der Waals surface area contributed by atoms with E-state index in [4.69, 9.17) is 14.9 Å². The van der Waals surface area contributed by atoms with Gasteiger partial charge in [-0.3, -0.25) is 9.69 Å². The van der Waals surface area contributed by atoms with Gasteiger partial charge in [-0.05, 0) is 36.2 Å². The third-order valence-electron chi connectivity index (χ3n) is 6.28. The van der Waals surface area contributed by atoms with Gasteiger partial charge in [0.15, 0.2) is 0 Å². The van der Waals surface area contributed by atoms with Crippen LogP contribution in [0.2, 0.25) is 0 Å². The summed E-state index contributed by atoms with van der Waals surface area (Å²) in [7, 11) is 2.15. The van der Waals surface area contributed by atoms with E-state index in [9.17, 15) is 14.4 Å². The molecule has 2 aromatic rings. The first-order valence-corrected chi connectivity index (χ1v) is 10.9. The minimum absolute atomic E-state index is 0.0647. The number of nitrogens with zero attached hydrogens (tertiary/aromatic N) is 2. The summed E-state index contributed by atoms with van der Waals surface area (Å²) in [6.45, 7) is 3.52. The van der Waals surface area contributed by atoms with Crippen molar-refractivity contribution in [3.63, 3.8) is 0 Å². The lowest BCUT2D eigenvalue weighted by Gasteiger charge is -2.41. The first-order valence-electron chi connectivity index (χ1n) is 10.9. The van der Waals surface area contributed by atoms with E-state index in [-0.39, 0.29) is 11.8 Å². The molecule has 2 atom stereocenters. The number of hydrogen-bond donors (Lipinski definition) is 3. The Bertz CT molecular complexity index is 1110. The number of hydrogen-bond acceptors (Lipinski definition) is 5. The molecule has 0 spiro atoms. The molecule has 3 heterocycles. The summed E-state index contributed by atoms with van der Waals surface area (Å²) in [6.07, 6.45) is 6.51. The van der Waals surface area contributed by atoms with Crippen molar-refractivity contribution in [2.24, 2.45) is 5.92 Å². The van der Waals surface area contributed by atoms with Gasteiger partial charge in [0.2, 0.25) is 5.91 Å². The number of ether oxygens (including phenoxy) is 1. The van der Waals surface area contributed by atoms with Crippen LogP contribution < -0.4 is 0 Å². The molecule has 1 aliphatic carbocycles. The highest BCUT2D eigenvalue weighted by atomic mass is 16.5. The summed E-state index contributed by atoms with van der Waals surface area (Å²) in [5.41, 5.74) is 5.18. The lowest BCUT2D eigenvalue weighted by Crippen LogP contribution is -2.49. The number of morpholine rings is 1. The van der Waals surface area contributed by atoms with E-state index in [2.05, 4.69) is 47.4 Å². The molecule has 3 N–H and O–H groups in total. The molecule has 1 amide bonds. The molecule has 5 rings (SSSR count). The van der Waals surface area contributed by atoms with Gasteiger partial charge in [0.25, 0.3) is 0 Å². The highest BCUT2D eigenvalue weighted by Gasteiger charge is 2.37. The van der Waals surface area contributed by atoms with Crippen LogP contribution in [-0.2, 0) is 25.5 Å². The number of carboxylic acids is 2. The van der Waals surface area contributed by atoms with Gasteiger partial charge in [-0.15, -0.1) is 0 Å². The second-order valence-electron chi connectivity index (χ2n) is 8.38. The Balaban J connectivity index is 0.000000281. The molecule has 0 saturated carbocycles.